The molecule has 0 amide bonds. The molecule has 0 heterocycles. The fourth-order valence-corrected chi connectivity index (χ4v) is 0. The molecule has 0 bridgehead atoms. The summed E-state index contributed by atoms with van der Waals surface area (Å²) in [7, 11) is -5.17. The van der Waals surface area contributed by atoms with Crippen molar-refractivity contribution in [1.29, 1.82) is 0 Å². The van der Waals surface area contributed by atoms with Crippen molar-refractivity contribution in [1.82, 2.24) is 0 Å². The first-order valence-electron chi connectivity index (χ1n) is 0.667. The van der Waals surface area contributed by atoms with Crippen LogP contribution in [0.1, 0.15) is 1.43 Å². The summed E-state index contributed by atoms with van der Waals surface area (Å²) in [5.41, 5.74) is 0. The molecular weight excluding hydrogens is 310 g/mol. The van der Waals surface area contributed by atoms with Crippen LogP contribution in [0.5, 0.6) is 0 Å². The summed E-state index contributed by atoms with van der Waals surface area (Å²) in [5.74, 6) is 0. The molecule has 0 saturated heterocycles. The van der Waals surface area contributed by atoms with E-state index in [4.69, 9.17) is 17.5 Å². The Morgan fingerprint density at radius 3 is 1.29 bits per heavy atom. The zero-order valence-electron chi connectivity index (χ0n) is 4.54. The van der Waals surface area contributed by atoms with Gasteiger partial charge < -0.3 is 10.5 Å². The fourth-order valence-electron chi connectivity index (χ4n) is 0. The van der Waals surface area contributed by atoms with Gasteiger partial charge in [0, 0.05) is 10.4 Å². The van der Waals surface area contributed by atoms with Crippen molar-refractivity contribution in [3.05, 3.63) is 0 Å². The summed E-state index contributed by atoms with van der Waals surface area (Å²) in [5, 5.41) is 0. The van der Waals surface area contributed by atoms with Crippen molar-refractivity contribution in [2.24, 2.45) is 0 Å². The van der Waals surface area contributed by atoms with Gasteiger partial charge in [0.1, 0.15) is 0 Å². The van der Waals surface area contributed by atoms with Crippen LogP contribution in [0.2, 0.25) is 0 Å². The minimum atomic E-state index is -5.17. The molecule has 2 radical (unpaired) electrons. The molecule has 7 heteroatoms. The van der Waals surface area contributed by atoms with Gasteiger partial charge in [0.2, 0.25) is 0 Å². The van der Waals surface area contributed by atoms with Crippen LogP contribution in [-0.4, -0.2) is 44.8 Å². The Bertz CT molecular complexity index is 99.2. The van der Waals surface area contributed by atoms with Crippen LogP contribution in [0.15, 0.2) is 0 Å². The van der Waals surface area contributed by atoms with Crippen LogP contribution < -0.4 is 18.9 Å². The van der Waals surface area contributed by atoms with Crippen LogP contribution in [0.4, 0.5) is 0 Å². The Balaban J connectivity index is -0.0000000267. The van der Waals surface area contributed by atoms with Gasteiger partial charge in [-0.05, 0) is 0 Å². The predicted octanol–water partition coefficient (Wildman–Crippen LogP) is -4.60. The van der Waals surface area contributed by atoms with Gasteiger partial charge in [-0.3, -0.25) is 8.42 Å². The fraction of sp³-hybridized carbons (Fsp3) is 0. The third kappa shape index (κ3) is 111. The quantitative estimate of drug-likeness (QED) is 0.256. The molecular formula is HLiO4PbS. The van der Waals surface area contributed by atoms with Crippen molar-refractivity contribution in [2.75, 3.05) is 0 Å². The van der Waals surface area contributed by atoms with Crippen molar-refractivity contribution >= 4 is 37.7 Å². The van der Waals surface area contributed by atoms with Crippen LogP contribution in [0.3, 0.4) is 0 Å². The minimum absolute atomic E-state index is 0. The second-order valence-electron chi connectivity index (χ2n) is 0.408. The van der Waals surface area contributed by atoms with E-state index in [2.05, 4.69) is 0 Å². The zero-order valence-corrected chi connectivity index (χ0v) is 8.25. The van der Waals surface area contributed by atoms with Crippen molar-refractivity contribution in [2.45, 2.75) is 0 Å². The SMILES string of the molecule is O=S(=O)([O-])[O-].[H-].[Li+].[Pb+2]. The molecule has 4 nitrogen and oxygen atoms in total. The average Bonchev–Trinajstić information content (AvgIpc) is 0.722. The molecule has 0 saturated carbocycles. The van der Waals surface area contributed by atoms with Gasteiger partial charge >= 0.3 is 46.2 Å². The number of rotatable bonds is 0. The number of hydrogen-bond donors (Lipinski definition) is 0. The molecule has 0 aromatic carbocycles. The van der Waals surface area contributed by atoms with E-state index >= 15 is 0 Å². The van der Waals surface area contributed by atoms with Gasteiger partial charge in [0.05, 0.1) is 0 Å². The summed E-state index contributed by atoms with van der Waals surface area (Å²) in [6.45, 7) is 0. The molecule has 36 valence electrons. The van der Waals surface area contributed by atoms with Gasteiger partial charge in [-0.25, -0.2) is 0 Å². The molecule has 0 fully saturated rings. The molecule has 0 rings (SSSR count). The Kier molecular flexibility index (Phi) is 12.4. The maximum absolute atomic E-state index is 8.52. The van der Waals surface area contributed by atoms with Gasteiger partial charge in [0.25, 0.3) is 0 Å². The number of hydrogen-bond acceptors (Lipinski definition) is 4. The van der Waals surface area contributed by atoms with E-state index in [1.165, 1.54) is 0 Å². The van der Waals surface area contributed by atoms with E-state index in [0.717, 1.165) is 0 Å². The molecule has 0 aromatic heterocycles. The topological polar surface area (TPSA) is 80.3 Å². The molecule has 7 heavy (non-hydrogen) atoms. The third-order valence-electron chi connectivity index (χ3n) is 0. The smallest absolute Gasteiger partial charge is 1.00 e. The Hall–Kier alpha value is 1.39. The first-order valence-corrected chi connectivity index (χ1v) is 2.00. The van der Waals surface area contributed by atoms with E-state index < -0.39 is 10.4 Å². The van der Waals surface area contributed by atoms with E-state index in [1.54, 1.807) is 0 Å². The summed E-state index contributed by atoms with van der Waals surface area (Å²) < 4.78 is 34.1. The molecule has 0 aromatic rings. The van der Waals surface area contributed by atoms with Crippen molar-refractivity contribution in [3.8, 4) is 0 Å². The molecule has 0 spiro atoms. The molecule has 0 aliphatic heterocycles. The Morgan fingerprint density at radius 1 is 1.29 bits per heavy atom. The van der Waals surface area contributed by atoms with E-state index in [-0.39, 0.29) is 47.6 Å². The maximum Gasteiger partial charge on any atom is 2.00 e. The van der Waals surface area contributed by atoms with E-state index in [9.17, 15) is 0 Å². The summed E-state index contributed by atoms with van der Waals surface area (Å²) >= 11 is 0. The van der Waals surface area contributed by atoms with Gasteiger partial charge in [-0.1, -0.05) is 0 Å². The van der Waals surface area contributed by atoms with Crippen LogP contribution in [0, 0.1) is 0 Å². The Morgan fingerprint density at radius 2 is 1.29 bits per heavy atom. The molecule has 0 unspecified atom stereocenters. The summed E-state index contributed by atoms with van der Waals surface area (Å²) in [6, 6.07) is 0. The first kappa shape index (κ1) is 15.8. The standard InChI is InChI=1S/Li.H2O4S.Pb.H/c;1-5(2,3)4;;/h;(H2,1,2,3,4);;/q+1;;+2;-1/p-2. The second kappa shape index (κ2) is 5.52. The second-order valence-corrected chi connectivity index (χ2v) is 1.22. The first-order chi connectivity index (χ1) is 2.00. The van der Waals surface area contributed by atoms with Crippen LogP contribution >= 0.6 is 0 Å². The van der Waals surface area contributed by atoms with Gasteiger partial charge in [0.15, 0.2) is 0 Å². The normalized spacial score (nSPS) is 8.29. The Labute approximate surface area is 75.1 Å². The average molecular weight is 311 g/mol. The van der Waals surface area contributed by atoms with E-state index in [0.29, 0.717) is 0 Å². The van der Waals surface area contributed by atoms with Gasteiger partial charge in [-0.2, -0.15) is 0 Å². The summed E-state index contributed by atoms with van der Waals surface area (Å²) in [6.07, 6.45) is 0. The molecule has 0 aliphatic rings. The maximum atomic E-state index is 8.52. The molecule has 0 aliphatic carbocycles. The zero-order chi connectivity index (χ0) is 4.50. The third-order valence-corrected chi connectivity index (χ3v) is 0. The van der Waals surface area contributed by atoms with Gasteiger partial charge in [-0.15, -0.1) is 0 Å². The van der Waals surface area contributed by atoms with Crippen molar-refractivity contribution < 1.29 is 37.8 Å². The molecule has 0 atom stereocenters. The minimum Gasteiger partial charge on any atom is -1.00 e. The predicted molar refractivity (Wildman–Crippen MR) is 17.3 cm³/mol. The molecule has 0 N–H and O–H groups in total. The van der Waals surface area contributed by atoms with Crippen LogP contribution in [-0.2, 0) is 10.4 Å². The monoisotopic (exact) mass is 312 g/mol. The van der Waals surface area contributed by atoms with Crippen molar-refractivity contribution in [3.63, 3.8) is 0 Å². The van der Waals surface area contributed by atoms with Crippen LogP contribution in [0.25, 0.3) is 0 Å². The largest absolute Gasteiger partial charge is 2.00 e. The summed E-state index contributed by atoms with van der Waals surface area (Å²) in [4.78, 5) is 0. The van der Waals surface area contributed by atoms with E-state index in [1.807, 2.05) is 0 Å².